The van der Waals surface area contributed by atoms with Crippen molar-refractivity contribution in [2.45, 2.75) is 63.6 Å². The lowest BCUT2D eigenvalue weighted by molar-refractivity contribution is 0.597. The van der Waals surface area contributed by atoms with Gasteiger partial charge in [-0.2, -0.15) is 0 Å². The van der Waals surface area contributed by atoms with Crippen LogP contribution in [0.15, 0.2) is 0 Å². The van der Waals surface area contributed by atoms with Gasteiger partial charge in [-0.1, -0.05) is 71.4 Å². The van der Waals surface area contributed by atoms with Crippen LogP contribution >= 0.6 is 31.9 Å². The second kappa shape index (κ2) is 10.5. The van der Waals surface area contributed by atoms with Crippen LogP contribution in [0, 0.1) is 5.92 Å². The Hall–Kier alpha value is 0.960. The van der Waals surface area contributed by atoms with E-state index in [-0.39, 0.29) is 0 Å². The Kier molecular flexibility index (Phi) is 11.2. The largest absolute Gasteiger partial charge is 0.0928 e. The molecule has 0 N–H and O–H groups in total. The average molecular weight is 327 g/mol. The van der Waals surface area contributed by atoms with Crippen molar-refractivity contribution in [3.8, 4) is 0 Å². The van der Waals surface area contributed by atoms with Crippen molar-refractivity contribution < 1.29 is 0 Å². The number of rotatable bonds is 9. The summed E-state index contributed by atoms with van der Waals surface area (Å²) in [5.41, 5.74) is 0. The zero-order valence-electron chi connectivity index (χ0n) is 9.49. The van der Waals surface area contributed by atoms with Gasteiger partial charge in [0.05, 0.1) is 0 Å². The normalized spacial score (nSPS) is 13.5. The molecule has 0 fully saturated rings. The molecule has 85 valence electrons. The molecule has 2 heteroatoms. The number of hydrogen-bond acceptors (Lipinski definition) is 0. The highest BCUT2D eigenvalue weighted by Crippen LogP contribution is 2.29. The topological polar surface area (TPSA) is 0 Å². The lowest BCUT2D eigenvalue weighted by atomic mass is 9.92. The highest BCUT2D eigenvalue weighted by molar-refractivity contribution is 9.10. The third-order valence-corrected chi connectivity index (χ3v) is 4.07. The van der Waals surface area contributed by atoms with Gasteiger partial charge < -0.3 is 0 Å². The molecular formula is C12H23Br2. The molecule has 0 aromatic carbocycles. The summed E-state index contributed by atoms with van der Waals surface area (Å²) in [4.78, 5) is 0.639. The van der Waals surface area contributed by atoms with Crippen LogP contribution in [-0.2, 0) is 0 Å². The van der Waals surface area contributed by atoms with Crippen molar-refractivity contribution in [3.63, 3.8) is 0 Å². The standard InChI is InChI=1S/C12H23Br2/c1-3-5-7-11(8-6-4-2)12(14)9-10-13/h12H,3-10H2,1-2H3. The SMILES string of the molecule is CCCC[C](CCCC)C(Br)CCBr. The molecular weight excluding hydrogens is 304 g/mol. The Morgan fingerprint density at radius 2 is 1.57 bits per heavy atom. The molecule has 14 heavy (non-hydrogen) atoms. The Bertz CT molecular complexity index is 107. The predicted molar refractivity (Wildman–Crippen MR) is 73.4 cm³/mol. The molecule has 0 spiro atoms. The number of halogens is 2. The molecule has 0 aromatic heterocycles. The quantitative estimate of drug-likeness (QED) is 0.491. The van der Waals surface area contributed by atoms with E-state index in [0.717, 1.165) is 5.33 Å². The first kappa shape index (κ1) is 15.0. The van der Waals surface area contributed by atoms with Gasteiger partial charge in [-0.05, 0) is 25.2 Å². The van der Waals surface area contributed by atoms with Gasteiger partial charge in [-0.15, -0.1) is 0 Å². The van der Waals surface area contributed by atoms with Gasteiger partial charge in [0, 0.05) is 10.2 Å². The summed E-state index contributed by atoms with van der Waals surface area (Å²) in [6, 6.07) is 0. The zero-order valence-corrected chi connectivity index (χ0v) is 12.7. The fourth-order valence-electron chi connectivity index (χ4n) is 1.55. The van der Waals surface area contributed by atoms with Crippen molar-refractivity contribution in [2.24, 2.45) is 0 Å². The molecule has 0 aliphatic carbocycles. The minimum atomic E-state index is 0.639. The average Bonchev–Trinajstić information content (AvgIpc) is 2.18. The zero-order chi connectivity index (χ0) is 10.8. The maximum absolute atomic E-state index is 3.80. The highest BCUT2D eigenvalue weighted by atomic mass is 79.9. The van der Waals surface area contributed by atoms with Gasteiger partial charge in [-0.25, -0.2) is 0 Å². The van der Waals surface area contributed by atoms with Crippen molar-refractivity contribution in [2.75, 3.05) is 5.33 Å². The van der Waals surface area contributed by atoms with Crippen LogP contribution in [0.5, 0.6) is 0 Å². The summed E-state index contributed by atoms with van der Waals surface area (Å²) in [6.45, 7) is 4.54. The molecule has 0 heterocycles. The Morgan fingerprint density at radius 1 is 1.07 bits per heavy atom. The lowest BCUT2D eigenvalue weighted by Gasteiger charge is -2.21. The number of alkyl halides is 2. The summed E-state index contributed by atoms with van der Waals surface area (Å²) in [5, 5.41) is 1.10. The Labute approximate surface area is 106 Å². The molecule has 0 aliphatic heterocycles. The maximum Gasteiger partial charge on any atom is 0.0215 e. The van der Waals surface area contributed by atoms with Crippen LogP contribution in [0.3, 0.4) is 0 Å². The van der Waals surface area contributed by atoms with Crippen molar-refractivity contribution in [3.05, 3.63) is 5.92 Å². The third kappa shape index (κ3) is 7.28. The molecule has 0 saturated carbocycles. The Morgan fingerprint density at radius 3 is 1.93 bits per heavy atom. The molecule has 0 aliphatic rings. The van der Waals surface area contributed by atoms with Gasteiger partial charge in [0.1, 0.15) is 0 Å². The third-order valence-electron chi connectivity index (χ3n) is 2.51. The first-order valence-electron chi connectivity index (χ1n) is 5.80. The predicted octanol–water partition coefficient (Wildman–Crippen LogP) is 5.49. The molecule has 1 unspecified atom stereocenters. The first-order chi connectivity index (χ1) is 6.76. The van der Waals surface area contributed by atoms with Crippen molar-refractivity contribution in [1.29, 1.82) is 0 Å². The monoisotopic (exact) mass is 325 g/mol. The molecule has 0 rings (SSSR count). The van der Waals surface area contributed by atoms with E-state index in [1.807, 2.05) is 0 Å². The van der Waals surface area contributed by atoms with E-state index < -0.39 is 0 Å². The molecule has 0 aromatic rings. The van der Waals surface area contributed by atoms with Crippen LogP contribution < -0.4 is 0 Å². The summed E-state index contributed by atoms with van der Waals surface area (Å²) < 4.78 is 0. The molecule has 0 amide bonds. The van der Waals surface area contributed by atoms with Gasteiger partial charge in [0.2, 0.25) is 0 Å². The number of unbranched alkanes of at least 4 members (excludes halogenated alkanes) is 2. The number of hydrogen-bond donors (Lipinski definition) is 0. The van der Waals surface area contributed by atoms with Gasteiger partial charge in [0.25, 0.3) is 0 Å². The van der Waals surface area contributed by atoms with Crippen molar-refractivity contribution >= 4 is 31.9 Å². The van der Waals surface area contributed by atoms with Gasteiger partial charge >= 0.3 is 0 Å². The van der Waals surface area contributed by atoms with Crippen LogP contribution in [0.25, 0.3) is 0 Å². The fraction of sp³-hybridized carbons (Fsp3) is 0.917. The smallest absolute Gasteiger partial charge is 0.0215 e. The Balaban J connectivity index is 3.81. The highest BCUT2D eigenvalue weighted by Gasteiger charge is 2.17. The minimum Gasteiger partial charge on any atom is -0.0928 e. The maximum atomic E-state index is 3.80. The van der Waals surface area contributed by atoms with E-state index >= 15 is 0 Å². The van der Waals surface area contributed by atoms with Crippen LogP contribution in [0.2, 0.25) is 0 Å². The summed E-state index contributed by atoms with van der Waals surface area (Å²) >= 11 is 7.31. The summed E-state index contributed by atoms with van der Waals surface area (Å²) in [5.74, 6) is 1.73. The summed E-state index contributed by atoms with van der Waals surface area (Å²) in [7, 11) is 0. The van der Waals surface area contributed by atoms with Gasteiger partial charge in [-0.3, -0.25) is 0 Å². The second-order valence-electron chi connectivity index (χ2n) is 3.81. The van der Waals surface area contributed by atoms with E-state index in [1.54, 1.807) is 5.92 Å². The molecule has 1 radical (unpaired) electrons. The van der Waals surface area contributed by atoms with E-state index in [0.29, 0.717) is 4.83 Å². The molecule has 0 bridgehead atoms. The van der Waals surface area contributed by atoms with Crippen LogP contribution in [-0.4, -0.2) is 10.2 Å². The van der Waals surface area contributed by atoms with E-state index in [4.69, 9.17) is 0 Å². The first-order valence-corrected chi connectivity index (χ1v) is 7.84. The molecule has 1 atom stereocenters. The molecule has 0 nitrogen and oxygen atoms in total. The fourth-order valence-corrected chi connectivity index (χ4v) is 3.30. The minimum absolute atomic E-state index is 0.639. The van der Waals surface area contributed by atoms with E-state index in [9.17, 15) is 0 Å². The van der Waals surface area contributed by atoms with E-state index in [2.05, 4.69) is 45.7 Å². The molecule has 0 saturated heterocycles. The summed E-state index contributed by atoms with van der Waals surface area (Å²) in [6.07, 6.45) is 9.18. The van der Waals surface area contributed by atoms with Crippen LogP contribution in [0.4, 0.5) is 0 Å². The van der Waals surface area contributed by atoms with Gasteiger partial charge in [0.15, 0.2) is 0 Å². The van der Waals surface area contributed by atoms with Crippen LogP contribution in [0.1, 0.15) is 58.8 Å². The van der Waals surface area contributed by atoms with Crippen molar-refractivity contribution in [1.82, 2.24) is 0 Å². The lowest BCUT2D eigenvalue weighted by Crippen LogP contribution is -2.13. The van der Waals surface area contributed by atoms with E-state index in [1.165, 1.54) is 44.9 Å². The second-order valence-corrected chi connectivity index (χ2v) is 5.71.